The summed E-state index contributed by atoms with van der Waals surface area (Å²) in [6.07, 6.45) is 2.14. The van der Waals surface area contributed by atoms with E-state index >= 15 is 0 Å². The summed E-state index contributed by atoms with van der Waals surface area (Å²) >= 11 is 1.28. The molecule has 0 radical (unpaired) electrons. The topological polar surface area (TPSA) is 145 Å². The van der Waals surface area contributed by atoms with Crippen LogP contribution in [0.4, 0.5) is 5.69 Å². The highest BCUT2D eigenvalue weighted by Crippen LogP contribution is 2.48. The Bertz CT molecular complexity index is 1550. The zero-order valence-electron chi connectivity index (χ0n) is 21.4. The van der Waals surface area contributed by atoms with Crippen LogP contribution < -0.4 is 32.6 Å². The van der Waals surface area contributed by atoms with Crippen molar-refractivity contribution in [1.29, 1.82) is 0 Å². The van der Waals surface area contributed by atoms with E-state index in [1.807, 2.05) is 54.6 Å². The van der Waals surface area contributed by atoms with Crippen molar-refractivity contribution in [1.82, 2.24) is 10.6 Å². The van der Waals surface area contributed by atoms with E-state index in [0.717, 1.165) is 40.8 Å². The normalized spacial score (nSPS) is 22.6. The maximum atomic E-state index is 13.9. The van der Waals surface area contributed by atoms with Gasteiger partial charge < -0.3 is 32.6 Å². The molecule has 4 aromatic rings. The third-order valence-corrected chi connectivity index (χ3v) is 8.90. The molecule has 8 N–H and O–H groups in total. The smallest absolute Gasteiger partial charge is 0.262 e. The minimum Gasteiger partial charge on any atom is -0.457 e. The highest BCUT2D eigenvalue weighted by atomic mass is 32.1. The number of benzene rings is 3. The Labute approximate surface area is 230 Å². The van der Waals surface area contributed by atoms with Crippen LogP contribution in [0.5, 0.6) is 11.5 Å². The Morgan fingerprint density at radius 1 is 1.08 bits per heavy atom. The highest BCUT2D eigenvalue weighted by molar-refractivity contribution is 7.21. The molecule has 8 nitrogen and oxygen atoms in total. The highest BCUT2D eigenvalue weighted by Gasteiger charge is 2.47. The molecule has 1 fully saturated rings. The molecule has 0 saturated carbocycles. The maximum Gasteiger partial charge on any atom is 0.262 e. The molecule has 1 aliphatic carbocycles. The van der Waals surface area contributed by atoms with E-state index in [4.69, 9.17) is 21.9 Å². The minimum absolute atomic E-state index is 0.0263. The van der Waals surface area contributed by atoms with Crippen molar-refractivity contribution < 1.29 is 14.3 Å². The van der Waals surface area contributed by atoms with Gasteiger partial charge in [0.2, 0.25) is 0 Å². The molecule has 3 atom stereocenters. The molecule has 0 bridgehead atoms. The second-order valence-electron chi connectivity index (χ2n) is 10.3. The van der Waals surface area contributed by atoms with Gasteiger partial charge in [-0.25, -0.2) is 0 Å². The molecule has 2 aliphatic rings. The first-order chi connectivity index (χ1) is 18.8. The van der Waals surface area contributed by atoms with Crippen molar-refractivity contribution in [3.05, 3.63) is 88.3 Å². The van der Waals surface area contributed by atoms with Crippen LogP contribution in [0.25, 0.3) is 10.1 Å². The largest absolute Gasteiger partial charge is 0.457 e. The number of piperidine rings is 1. The van der Waals surface area contributed by atoms with Crippen LogP contribution in [0.3, 0.4) is 0 Å². The van der Waals surface area contributed by atoms with E-state index in [0.29, 0.717) is 34.0 Å². The van der Waals surface area contributed by atoms with Crippen molar-refractivity contribution >= 4 is 38.8 Å². The van der Waals surface area contributed by atoms with Gasteiger partial charge in [-0.2, -0.15) is 0 Å². The van der Waals surface area contributed by atoms with Crippen LogP contribution in [0.2, 0.25) is 0 Å². The molecule has 0 spiro atoms. The average Bonchev–Trinajstić information content (AvgIpc) is 3.36. The molecule has 1 aromatic heterocycles. The van der Waals surface area contributed by atoms with Crippen LogP contribution in [0, 0.1) is 0 Å². The molecular formula is C30H31N5O3S. The van der Waals surface area contributed by atoms with E-state index < -0.39 is 11.6 Å². The molecule has 3 aromatic carbocycles. The Hall–Kier alpha value is -3.76. The summed E-state index contributed by atoms with van der Waals surface area (Å²) in [5.41, 5.74) is 21.1. The number of nitrogen functional groups attached to an aromatic ring is 1. The lowest BCUT2D eigenvalue weighted by Crippen LogP contribution is -2.53. The third kappa shape index (κ3) is 4.57. The number of nitrogens with one attached hydrogen (secondary N) is 2. The molecule has 6 rings (SSSR count). The molecule has 1 saturated heterocycles. The summed E-state index contributed by atoms with van der Waals surface area (Å²) in [7, 11) is 0. The van der Waals surface area contributed by atoms with Crippen molar-refractivity contribution in [2.75, 3.05) is 18.8 Å². The number of carbonyl (C=O) groups is 2. The van der Waals surface area contributed by atoms with Gasteiger partial charge in [0.15, 0.2) is 5.78 Å². The van der Waals surface area contributed by atoms with E-state index in [1.165, 1.54) is 11.3 Å². The quantitative estimate of drug-likeness (QED) is 0.234. The fraction of sp³-hybridized carbons (Fsp3) is 0.267. The number of Topliss-reactive ketones (excluding diaryl/α,β-unsaturated/α-hetero) is 1. The Kier molecular flexibility index (Phi) is 6.60. The molecule has 3 unspecified atom stereocenters. The summed E-state index contributed by atoms with van der Waals surface area (Å²) in [5.74, 6) is 0.869. The van der Waals surface area contributed by atoms with Crippen molar-refractivity contribution in [3.8, 4) is 11.5 Å². The number of nitrogens with two attached hydrogens (primary N) is 3. The fourth-order valence-electron chi connectivity index (χ4n) is 5.66. The first-order valence-electron chi connectivity index (χ1n) is 13.1. The van der Waals surface area contributed by atoms with Gasteiger partial charge in [0.1, 0.15) is 17.0 Å². The number of ketones is 1. The van der Waals surface area contributed by atoms with Gasteiger partial charge in [-0.1, -0.05) is 36.4 Å². The fourth-order valence-corrected chi connectivity index (χ4v) is 6.86. The lowest BCUT2D eigenvalue weighted by Gasteiger charge is -2.36. The number of hydrogen-bond donors (Lipinski definition) is 5. The van der Waals surface area contributed by atoms with Gasteiger partial charge in [0, 0.05) is 35.6 Å². The zero-order valence-corrected chi connectivity index (χ0v) is 22.2. The third-order valence-electron chi connectivity index (χ3n) is 7.64. The van der Waals surface area contributed by atoms with Crippen LogP contribution in [0.1, 0.15) is 45.2 Å². The van der Waals surface area contributed by atoms with Gasteiger partial charge in [-0.3, -0.25) is 9.59 Å². The number of amides is 1. The van der Waals surface area contributed by atoms with E-state index in [1.54, 1.807) is 12.1 Å². The summed E-state index contributed by atoms with van der Waals surface area (Å²) in [6.45, 7) is 1.66. The summed E-state index contributed by atoms with van der Waals surface area (Å²) in [5, 5.41) is 7.14. The molecule has 2 heterocycles. The van der Waals surface area contributed by atoms with Crippen molar-refractivity contribution in [2.45, 2.75) is 36.9 Å². The Morgan fingerprint density at radius 3 is 2.54 bits per heavy atom. The van der Waals surface area contributed by atoms with Crippen LogP contribution >= 0.6 is 11.3 Å². The Balaban J connectivity index is 1.34. The summed E-state index contributed by atoms with van der Waals surface area (Å²) in [6, 6.07) is 19.6. The molecule has 9 heteroatoms. The Morgan fingerprint density at radius 2 is 1.82 bits per heavy atom. The van der Waals surface area contributed by atoms with Gasteiger partial charge >= 0.3 is 0 Å². The number of thiophene rings is 1. The van der Waals surface area contributed by atoms with E-state index in [9.17, 15) is 9.59 Å². The second-order valence-corrected chi connectivity index (χ2v) is 11.3. The number of carbonyl (C=O) groups excluding carboxylic acids is 2. The standard InChI is InChI=1S/C30H31N5O3S/c31-22-13-12-21-23-24(27(39-26(22)23)29(37)35-18-5-4-14-34-16-18)25(32)28(36)30(21,33)15-17-8-10-20(11-9-17)38-19-6-2-1-3-7-19/h1-3,6-13,18,25,34H,4-5,14-16,31-33H2,(H,35,37). The molecular weight excluding hydrogens is 510 g/mol. The summed E-state index contributed by atoms with van der Waals surface area (Å²) in [4.78, 5) is 27.7. The summed E-state index contributed by atoms with van der Waals surface area (Å²) < 4.78 is 6.63. The lowest BCUT2D eigenvalue weighted by atomic mass is 9.71. The van der Waals surface area contributed by atoms with Crippen molar-refractivity contribution in [2.24, 2.45) is 11.5 Å². The van der Waals surface area contributed by atoms with Gasteiger partial charge in [-0.05, 0) is 60.8 Å². The average molecular weight is 542 g/mol. The first kappa shape index (κ1) is 25.5. The monoisotopic (exact) mass is 541 g/mol. The molecule has 1 aliphatic heterocycles. The van der Waals surface area contributed by atoms with Crippen LogP contribution in [-0.2, 0) is 16.8 Å². The molecule has 200 valence electrons. The number of hydrogen-bond acceptors (Lipinski definition) is 8. The van der Waals surface area contributed by atoms with Gasteiger partial charge in [-0.15, -0.1) is 11.3 Å². The molecule has 1 amide bonds. The number of para-hydroxylation sites is 1. The number of ether oxygens (including phenoxy) is 1. The zero-order chi connectivity index (χ0) is 27.1. The SMILES string of the molecule is Nc1ccc2c3c(c(C(=O)NC4CCCNC4)sc13)C(N)C(=O)C2(N)Cc1ccc(Oc2ccccc2)cc1. The van der Waals surface area contributed by atoms with Crippen LogP contribution in [-0.4, -0.2) is 30.8 Å². The van der Waals surface area contributed by atoms with E-state index in [-0.39, 0.29) is 24.2 Å². The maximum absolute atomic E-state index is 13.9. The van der Waals surface area contributed by atoms with Crippen molar-refractivity contribution in [3.63, 3.8) is 0 Å². The number of rotatable bonds is 6. The second kappa shape index (κ2) is 10.1. The minimum atomic E-state index is -1.37. The van der Waals surface area contributed by atoms with Crippen LogP contribution in [0.15, 0.2) is 66.7 Å². The number of anilines is 1. The molecule has 39 heavy (non-hydrogen) atoms. The predicted molar refractivity (Wildman–Crippen MR) is 154 cm³/mol. The lowest BCUT2D eigenvalue weighted by molar-refractivity contribution is -0.126. The van der Waals surface area contributed by atoms with Gasteiger partial charge in [0.05, 0.1) is 15.6 Å². The van der Waals surface area contributed by atoms with Gasteiger partial charge in [0.25, 0.3) is 5.91 Å². The predicted octanol–water partition coefficient (Wildman–Crippen LogP) is 3.74. The van der Waals surface area contributed by atoms with E-state index in [2.05, 4.69) is 10.6 Å². The first-order valence-corrected chi connectivity index (χ1v) is 13.9.